The second-order valence-corrected chi connectivity index (χ2v) is 2.43. The Balaban J connectivity index is 2.92. The third kappa shape index (κ3) is 2.19. The summed E-state index contributed by atoms with van der Waals surface area (Å²) in [6, 6.07) is 7.20. The zero-order chi connectivity index (χ0) is 9.68. The Labute approximate surface area is 76.9 Å². The second kappa shape index (κ2) is 4.47. The molecule has 0 heterocycles. The molecule has 0 saturated heterocycles. The van der Waals surface area contributed by atoms with Crippen molar-refractivity contribution in [2.24, 2.45) is 0 Å². The van der Waals surface area contributed by atoms with E-state index < -0.39 is 0 Å². The summed E-state index contributed by atoms with van der Waals surface area (Å²) in [5.74, 6) is -0.257. The molecule has 0 radical (unpaired) electrons. The Morgan fingerprint density at radius 2 is 2.08 bits per heavy atom. The van der Waals surface area contributed by atoms with E-state index in [-0.39, 0.29) is 5.91 Å². The molecule has 0 aliphatic rings. The van der Waals surface area contributed by atoms with Crippen LogP contribution in [0.25, 0.3) is 0 Å². The monoisotopic (exact) mass is 180 g/mol. The molecule has 0 aliphatic heterocycles. The van der Waals surface area contributed by atoms with Crippen LogP contribution in [0, 0.1) is 0 Å². The molecule has 70 valence electrons. The van der Waals surface area contributed by atoms with Gasteiger partial charge >= 0.3 is 0 Å². The third-order valence-corrected chi connectivity index (χ3v) is 1.64. The minimum atomic E-state index is -0.257. The maximum atomic E-state index is 11.3. The van der Waals surface area contributed by atoms with Crippen LogP contribution in [0.3, 0.4) is 0 Å². The number of carbonyl (C=O) groups is 1. The lowest BCUT2D eigenvalue weighted by molar-refractivity contribution is 0.0538. The maximum Gasteiger partial charge on any atom is 0.276 e. The quantitative estimate of drug-likeness (QED) is 0.683. The Hall–Kier alpha value is -1.55. The van der Waals surface area contributed by atoms with Crippen molar-refractivity contribution < 1.29 is 9.63 Å². The smallest absolute Gasteiger partial charge is 0.276 e. The van der Waals surface area contributed by atoms with E-state index in [4.69, 9.17) is 0 Å². The van der Waals surface area contributed by atoms with E-state index in [9.17, 15) is 4.79 Å². The van der Waals surface area contributed by atoms with E-state index in [1.165, 1.54) is 7.11 Å². The highest BCUT2D eigenvalue weighted by Crippen LogP contribution is 2.13. The van der Waals surface area contributed by atoms with Crippen molar-refractivity contribution in [2.45, 2.75) is 0 Å². The van der Waals surface area contributed by atoms with Crippen LogP contribution >= 0.6 is 0 Å². The average molecular weight is 180 g/mol. The molecule has 0 unspecified atom stereocenters. The molecule has 0 bridgehead atoms. The first-order valence-corrected chi connectivity index (χ1v) is 3.89. The SMILES string of the molecule is CNc1ccccc1C(=O)NOC. The van der Waals surface area contributed by atoms with Crippen molar-refractivity contribution in [3.63, 3.8) is 0 Å². The maximum absolute atomic E-state index is 11.3. The molecule has 13 heavy (non-hydrogen) atoms. The van der Waals surface area contributed by atoms with Crippen LogP contribution in [-0.4, -0.2) is 20.1 Å². The van der Waals surface area contributed by atoms with E-state index in [1.54, 1.807) is 19.2 Å². The fourth-order valence-electron chi connectivity index (χ4n) is 1.05. The van der Waals surface area contributed by atoms with Crippen LogP contribution < -0.4 is 10.8 Å². The number of hydroxylamine groups is 1. The van der Waals surface area contributed by atoms with Gasteiger partial charge in [-0.3, -0.25) is 9.63 Å². The van der Waals surface area contributed by atoms with Crippen LogP contribution in [0.2, 0.25) is 0 Å². The van der Waals surface area contributed by atoms with E-state index >= 15 is 0 Å². The fourth-order valence-corrected chi connectivity index (χ4v) is 1.05. The van der Waals surface area contributed by atoms with Gasteiger partial charge < -0.3 is 5.32 Å². The molecule has 1 aromatic carbocycles. The standard InChI is InChI=1S/C9H12N2O2/c1-10-8-6-4-3-5-7(8)9(12)11-13-2/h3-6,10H,1-2H3,(H,11,12). The topological polar surface area (TPSA) is 50.4 Å². The minimum Gasteiger partial charge on any atom is -0.387 e. The van der Waals surface area contributed by atoms with Crippen LogP contribution in [0.15, 0.2) is 24.3 Å². The van der Waals surface area contributed by atoms with E-state index in [0.717, 1.165) is 5.69 Å². The molecule has 4 nitrogen and oxygen atoms in total. The summed E-state index contributed by atoms with van der Waals surface area (Å²) >= 11 is 0. The van der Waals surface area contributed by atoms with Gasteiger partial charge in [0.2, 0.25) is 0 Å². The molecule has 1 amide bonds. The number of carbonyl (C=O) groups excluding carboxylic acids is 1. The van der Waals surface area contributed by atoms with Crippen molar-refractivity contribution in [2.75, 3.05) is 19.5 Å². The Morgan fingerprint density at radius 3 is 2.69 bits per heavy atom. The van der Waals surface area contributed by atoms with Crippen molar-refractivity contribution >= 4 is 11.6 Å². The summed E-state index contributed by atoms with van der Waals surface area (Å²) in [6.45, 7) is 0. The number of para-hydroxylation sites is 1. The number of benzene rings is 1. The molecular weight excluding hydrogens is 168 g/mol. The first kappa shape index (κ1) is 9.54. The minimum absolute atomic E-state index is 0.257. The summed E-state index contributed by atoms with van der Waals surface area (Å²) in [4.78, 5) is 15.9. The Bertz CT molecular complexity index is 299. The van der Waals surface area contributed by atoms with Gasteiger partial charge in [-0.05, 0) is 12.1 Å². The number of hydrogen-bond donors (Lipinski definition) is 2. The molecule has 0 atom stereocenters. The van der Waals surface area contributed by atoms with Crippen LogP contribution in [0.5, 0.6) is 0 Å². The molecule has 1 rings (SSSR count). The average Bonchev–Trinajstić information content (AvgIpc) is 2.18. The molecule has 0 saturated carbocycles. The van der Waals surface area contributed by atoms with E-state index in [1.807, 2.05) is 12.1 Å². The highest BCUT2D eigenvalue weighted by Gasteiger charge is 2.08. The highest BCUT2D eigenvalue weighted by molar-refractivity contribution is 5.98. The Morgan fingerprint density at radius 1 is 1.38 bits per heavy atom. The van der Waals surface area contributed by atoms with Crippen LogP contribution in [0.4, 0.5) is 5.69 Å². The summed E-state index contributed by atoms with van der Waals surface area (Å²) in [6.07, 6.45) is 0. The lowest BCUT2D eigenvalue weighted by atomic mass is 10.1. The molecule has 4 heteroatoms. The largest absolute Gasteiger partial charge is 0.387 e. The molecular formula is C9H12N2O2. The fraction of sp³-hybridized carbons (Fsp3) is 0.222. The van der Waals surface area contributed by atoms with Gasteiger partial charge in [0, 0.05) is 12.7 Å². The second-order valence-electron chi connectivity index (χ2n) is 2.43. The lowest BCUT2D eigenvalue weighted by Crippen LogP contribution is -2.22. The zero-order valence-corrected chi connectivity index (χ0v) is 7.63. The first-order chi connectivity index (χ1) is 6.29. The van der Waals surface area contributed by atoms with Crippen molar-refractivity contribution in [1.29, 1.82) is 0 Å². The molecule has 0 fully saturated rings. The van der Waals surface area contributed by atoms with Gasteiger partial charge in [0.25, 0.3) is 5.91 Å². The number of anilines is 1. The molecule has 0 spiro atoms. The van der Waals surface area contributed by atoms with Gasteiger partial charge in [0.15, 0.2) is 0 Å². The predicted molar refractivity (Wildman–Crippen MR) is 50.5 cm³/mol. The van der Waals surface area contributed by atoms with Gasteiger partial charge in [0.05, 0.1) is 12.7 Å². The summed E-state index contributed by atoms with van der Waals surface area (Å²) in [7, 11) is 3.17. The molecule has 2 N–H and O–H groups in total. The van der Waals surface area contributed by atoms with E-state index in [0.29, 0.717) is 5.56 Å². The van der Waals surface area contributed by atoms with E-state index in [2.05, 4.69) is 15.6 Å². The number of rotatable bonds is 3. The zero-order valence-electron chi connectivity index (χ0n) is 7.63. The van der Waals surface area contributed by atoms with Crippen molar-refractivity contribution in [3.8, 4) is 0 Å². The van der Waals surface area contributed by atoms with Crippen LogP contribution in [-0.2, 0) is 4.84 Å². The molecule has 0 aliphatic carbocycles. The number of hydrogen-bond acceptors (Lipinski definition) is 3. The predicted octanol–water partition coefficient (Wildman–Crippen LogP) is 1.02. The van der Waals surface area contributed by atoms with Crippen LogP contribution in [0.1, 0.15) is 10.4 Å². The van der Waals surface area contributed by atoms with Crippen molar-refractivity contribution in [3.05, 3.63) is 29.8 Å². The van der Waals surface area contributed by atoms with Gasteiger partial charge in [0.1, 0.15) is 0 Å². The molecule has 1 aromatic rings. The highest BCUT2D eigenvalue weighted by atomic mass is 16.6. The first-order valence-electron chi connectivity index (χ1n) is 3.89. The normalized spacial score (nSPS) is 9.38. The number of nitrogens with one attached hydrogen (secondary N) is 2. The summed E-state index contributed by atoms with van der Waals surface area (Å²) < 4.78 is 0. The van der Waals surface area contributed by atoms with Gasteiger partial charge in [-0.1, -0.05) is 12.1 Å². The summed E-state index contributed by atoms with van der Waals surface area (Å²) in [5.41, 5.74) is 3.59. The van der Waals surface area contributed by atoms with Gasteiger partial charge in [-0.25, -0.2) is 5.48 Å². The van der Waals surface area contributed by atoms with Crippen molar-refractivity contribution in [1.82, 2.24) is 5.48 Å². The summed E-state index contributed by atoms with van der Waals surface area (Å²) in [5, 5.41) is 2.92. The third-order valence-electron chi connectivity index (χ3n) is 1.64. The molecule has 0 aromatic heterocycles. The Kier molecular flexibility index (Phi) is 3.28. The number of amides is 1. The van der Waals surface area contributed by atoms with Gasteiger partial charge in [-0.2, -0.15) is 0 Å². The van der Waals surface area contributed by atoms with Gasteiger partial charge in [-0.15, -0.1) is 0 Å². The lowest BCUT2D eigenvalue weighted by Gasteiger charge is -2.07.